The maximum atomic E-state index is 10.6. The van der Waals surface area contributed by atoms with Crippen molar-refractivity contribution in [2.75, 3.05) is 13.7 Å². The lowest BCUT2D eigenvalue weighted by Gasteiger charge is -2.14. The minimum absolute atomic E-state index is 0.344. The van der Waals surface area contributed by atoms with E-state index in [1.165, 1.54) is 0 Å². The minimum atomic E-state index is -0.846. The molecule has 0 saturated heterocycles. The topological polar surface area (TPSA) is 55.8 Å². The van der Waals surface area contributed by atoms with E-state index in [1.807, 2.05) is 12.1 Å². The summed E-state index contributed by atoms with van der Waals surface area (Å²) in [5.74, 6) is 1.05. The van der Waals surface area contributed by atoms with Crippen molar-refractivity contribution in [2.45, 2.75) is 25.9 Å². The lowest BCUT2D eigenvalue weighted by Crippen LogP contribution is -2.22. The Hall–Kier alpha value is -1.55. The number of aliphatic hydroxyl groups excluding tert-OH is 1. The van der Waals surface area contributed by atoms with Gasteiger partial charge in [0.1, 0.15) is 0 Å². The number of aliphatic hydroxyl groups is 1. The van der Waals surface area contributed by atoms with E-state index in [0.29, 0.717) is 17.8 Å². The lowest BCUT2D eigenvalue weighted by atomic mass is 10.1. The third-order valence-corrected chi connectivity index (χ3v) is 2.38. The highest BCUT2D eigenvalue weighted by Gasteiger charge is 2.11. The van der Waals surface area contributed by atoms with Crippen LogP contribution in [-0.2, 0) is 11.2 Å². The number of hydrogen-bond acceptors (Lipinski definition) is 4. The van der Waals surface area contributed by atoms with Crippen LogP contribution < -0.4 is 9.47 Å². The molecule has 17 heavy (non-hydrogen) atoms. The maximum Gasteiger partial charge on any atom is 0.177 e. The number of hydrogen-bond donors (Lipinski definition) is 1. The molecule has 0 aliphatic heterocycles. The van der Waals surface area contributed by atoms with Crippen LogP contribution in [0.3, 0.4) is 0 Å². The fourth-order valence-electron chi connectivity index (χ4n) is 1.52. The number of methoxy groups -OCH3 is 1. The molecule has 1 aromatic carbocycles. The van der Waals surface area contributed by atoms with Gasteiger partial charge >= 0.3 is 0 Å². The molecule has 0 saturated carbocycles. The molecule has 0 spiro atoms. The third-order valence-electron chi connectivity index (χ3n) is 2.38. The second kappa shape index (κ2) is 6.91. The van der Waals surface area contributed by atoms with Gasteiger partial charge in [-0.25, -0.2) is 0 Å². The molecule has 0 aliphatic carbocycles. The molecule has 1 aromatic rings. The second-order valence-corrected chi connectivity index (χ2v) is 3.71. The van der Waals surface area contributed by atoms with Gasteiger partial charge in [0.15, 0.2) is 23.9 Å². The first-order valence-electron chi connectivity index (χ1n) is 5.64. The summed E-state index contributed by atoms with van der Waals surface area (Å²) in [5.41, 5.74) is 1.16. The Bertz CT molecular complexity index is 362. The first-order chi connectivity index (χ1) is 8.24. The van der Waals surface area contributed by atoms with Crippen LogP contribution in [0.15, 0.2) is 18.2 Å². The van der Waals surface area contributed by atoms with E-state index < -0.39 is 6.10 Å². The summed E-state index contributed by atoms with van der Waals surface area (Å²) in [6.07, 6.45) is 1.74. The maximum absolute atomic E-state index is 10.6. The number of rotatable bonds is 7. The molecule has 0 bridgehead atoms. The molecule has 94 valence electrons. The lowest BCUT2D eigenvalue weighted by molar-refractivity contribution is -0.115. The highest BCUT2D eigenvalue weighted by molar-refractivity contribution is 5.57. The smallest absolute Gasteiger partial charge is 0.177 e. The first-order valence-corrected chi connectivity index (χ1v) is 5.64. The van der Waals surface area contributed by atoms with Crippen molar-refractivity contribution in [1.29, 1.82) is 0 Å². The van der Waals surface area contributed by atoms with Gasteiger partial charge in [-0.15, -0.1) is 0 Å². The standard InChI is InChI=1S/C13H18O4/c1-3-4-10-5-6-12(13(7-10)16-2)17-11(8-14)9-15/h5-8,11,15H,3-4,9H2,1-2H3. The van der Waals surface area contributed by atoms with Crippen molar-refractivity contribution in [3.05, 3.63) is 23.8 Å². The van der Waals surface area contributed by atoms with E-state index in [4.69, 9.17) is 14.6 Å². The monoisotopic (exact) mass is 238 g/mol. The van der Waals surface area contributed by atoms with Crippen molar-refractivity contribution < 1.29 is 19.4 Å². The van der Waals surface area contributed by atoms with Crippen LogP contribution in [-0.4, -0.2) is 31.2 Å². The van der Waals surface area contributed by atoms with Gasteiger partial charge in [0.25, 0.3) is 0 Å². The Labute approximate surface area is 101 Å². The van der Waals surface area contributed by atoms with Crippen molar-refractivity contribution in [3.8, 4) is 11.5 Å². The summed E-state index contributed by atoms with van der Waals surface area (Å²) in [4.78, 5) is 10.6. The number of ether oxygens (including phenoxy) is 2. The van der Waals surface area contributed by atoms with Crippen LogP contribution in [0, 0.1) is 0 Å². The van der Waals surface area contributed by atoms with Crippen LogP contribution in [0.1, 0.15) is 18.9 Å². The zero-order valence-corrected chi connectivity index (χ0v) is 10.2. The predicted octanol–water partition coefficient (Wildman–Crippen LogP) is 1.59. The van der Waals surface area contributed by atoms with Crippen molar-refractivity contribution >= 4 is 6.29 Å². The molecule has 1 N–H and O–H groups in total. The Morgan fingerprint density at radius 1 is 1.41 bits per heavy atom. The molecule has 0 fully saturated rings. The molecule has 1 atom stereocenters. The summed E-state index contributed by atoms with van der Waals surface area (Å²) in [6, 6.07) is 5.58. The molecule has 0 aromatic heterocycles. The highest BCUT2D eigenvalue weighted by atomic mass is 16.5. The summed E-state index contributed by atoms with van der Waals surface area (Å²) in [7, 11) is 1.55. The average Bonchev–Trinajstić information content (AvgIpc) is 2.37. The second-order valence-electron chi connectivity index (χ2n) is 3.71. The van der Waals surface area contributed by atoms with Crippen molar-refractivity contribution in [1.82, 2.24) is 0 Å². The Morgan fingerprint density at radius 2 is 2.18 bits per heavy atom. The number of carbonyl (C=O) groups is 1. The number of carbonyl (C=O) groups excluding carboxylic acids is 1. The van der Waals surface area contributed by atoms with Gasteiger partial charge in [0, 0.05) is 0 Å². The average molecular weight is 238 g/mol. The summed E-state index contributed by atoms with van der Waals surface area (Å²) in [6.45, 7) is 1.76. The first kappa shape index (κ1) is 13.5. The molecule has 4 nitrogen and oxygen atoms in total. The quantitative estimate of drug-likeness (QED) is 0.733. The normalized spacial score (nSPS) is 11.9. The molecule has 0 radical (unpaired) electrons. The van der Waals surface area contributed by atoms with Crippen molar-refractivity contribution in [3.63, 3.8) is 0 Å². The fourth-order valence-corrected chi connectivity index (χ4v) is 1.52. The fraction of sp³-hybridized carbons (Fsp3) is 0.462. The molecular formula is C13H18O4. The van der Waals surface area contributed by atoms with Gasteiger partial charge in [-0.2, -0.15) is 0 Å². The van der Waals surface area contributed by atoms with Crippen LogP contribution in [0.2, 0.25) is 0 Å². The van der Waals surface area contributed by atoms with E-state index in [9.17, 15) is 4.79 Å². The summed E-state index contributed by atoms with van der Waals surface area (Å²) < 4.78 is 10.5. The van der Waals surface area contributed by atoms with Gasteiger partial charge in [0.2, 0.25) is 0 Å². The van der Waals surface area contributed by atoms with Crippen LogP contribution >= 0.6 is 0 Å². The van der Waals surface area contributed by atoms with Gasteiger partial charge in [-0.1, -0.05) is 19.4 Å². The Morgan fingerprint density at radius 3 is 2.71 bits per heavy atom. The van der Waals surface area contributed by atoms with Gasteiger partial charge in [-0.05, 0) is 24.1 Å². The van der Waals surface area contributed by atoms with E-state index in [1.54, 1.807) is 13.2 Å². The summed E-state index contributed by atoms with van der Waals surface area (Å²) in [5, 5.41) is 8.89. The van der Waals surface area contributed by atoms with Crippen LogP contribution in [0.5, 0.6) is 11.5 Å². The number of aryl methyl sites for hydroxylation is 1. The van der Waals surface area contributed by atoms with Crippen LogP contribution in [0.4, 0.5) is 0 Å². The van der Waals surface area contributed by atoms with Gasteiger partial charge in [0.05, 0.1) is 13.7 Å². The highest BCUT2D eigenvalue weighted by Crippen LogP contribution is 2.29. The zero-order chi connectivity index (χ0) is 12.7. The molecule has 0 amide bonds. The van der Waals surface area contributed by atoms with Crippen LogP contribution in [0.25, 0.3) is 0 Å². The van der Waals surface area contributed by atoms with E-state index >= 15 is 0 Å². The zero-order valence-electron chi connectivity index (χ0n) is 10.2. The molecule has 1 unspecified atom stereocenters. The molecule has 4 heteroatoms. The van der Waals surface area contributed by atoms with Gasteiger partial charge in [-0.3, -0.25) is 4.79 Å². The molecular weight excluding hydrogens is 220 g/mol. The van der Waals surface area contributed by atoms with Crippen molar-refractivity contribution in [2.24, 2.45) is 0 Å². The predicted molar refractivity (Wildman–Crippen MR) is 64.6 cm³/mol. The summed E-state index contributed by atoms with van der Waals surface area (Å²) >= 11 is 0. The van der Waals surface area contributed by atoms with E-state index in [0.717, 1.165) is 18.4 Å². The SMILES string of the molecule is CCCc1ccc(OC(C=O)CO)c(OC)c1. The molecule has 1 rings (SSSR count). The van der Waals surface area contributed by atoms with Gasteiger partial charge < -0.3 is 14.6 Å². The Balaban J connectivity index is 2.87. The molecule has 0 heterocycles. The van der Waals surface area contributed by atoms with E-state index in [-0.39, 0.29) is 6.61 Å². The largest absolute Gasteiger partial charge is 0.493 e. The Kier molecular flexibility index (Phi) is 5.49. The number of aldehydes is 1. The third kappa shape index (κ3) is 3.75. The molecule has 0 aliphatic rings. The minimum Gasteiger partial charge on any atom is -0.493 e. The number of benzene rings is 1. The van der Waals surface area contributed by atoms with E-state index in [2.05, 4.69) is 6.92 Å².